The summed E-state index contributed by atoms with van der Waals surface area (Å²) in [6.07, 6.45) is 1.59. The van der Waals surface area contributed by atoms with Crippen LogP contribution in [0.1, 0.15) is 12.8 Å². The highest BCUT2D eigenvalue weighted by molar-refractivity contribution is 5.85. The molecule has 0 aromatic rings. The SMILES string of the molecule is C=C1C2CC(=O)CC12. The maximum Gasteiger partial charge on any atom is 0.134 e. The first-order valence-electron chi connectivity index (χ1n) is 2.99. The van der Waals surface area contributed by atoms with Crippen molar-refractivity contribution in [3.05, 3.63) is 12.2 Å². The van der Waals surface area contributed by atoms with Gasteiger partial charge in [0.15, 0.2) is 0 Å². The molecular formula is C7H8O. The van der Waals surface area contributed by atoms with Gasteiger partial charge >= 0.3 is 0 Å². The topological polar surface area (TPSA) is 17.1 Å². The molecule has 0 aromatic carbocycles. The van der Waals surface area contributed by atoms with Crippen molar-refractivity contribution in [2.24, 2.45) is 11.8 Å². The molecule has 0 spiro atoms. The van der Waals surface area contributed by atoms with Crippen molar-refractivity contribution in [1.82, 2.24) is 0 Å². The Bertz CT molecular complexity index is 151. The van der Waals surface area contributed by atoms with Crippen LogP contribution in [0.15, 0.2) is 12.2 Å². The van der Waals surface area contributed by atoms with Crippen LogP contribution in [0.2, 0.25) is 0 Å². The zero-order chi connectivity index (χ0) is 5.72. The number of hydrogen-bond acceptors (Lipinski definition) is 1. The molecule has 0 aliphatic heterocycles. The van der Waals surface area contributed by atoms with Gasteiger partial charge in [-0.1, -0.05) is 12.2 Å². The highest BCUT2D eigenvalue weighted by atomic mass is 16.1. The van der Waals surface area contributed by atoms with E-state index in [1.165, 1.54) is 5.57 Å². The van der Waals surface area contributed by atoms with Gasteiger partial charge in [-0.05, 0) is 11.8 Å². The number of carbonyl (C=O) groups excluding carboxylic acids is 1. The molecule has 2 aliphatic carbocycles. The second kappa shape index (κ2) is 1.04. The fourth-order valence-corrected chi connectivity index (χ4v) is 1.57. The van der Waals surface area contributed by atoms with E-state index in [0.717, 1.165) is 12.8 Å². The molecule has 0 aromatic heterocycles. The van der Waals surface area contributed by atoms with Crippen molar-refractivity contribution in [2.45, 2.75) is 12.8 Å². The number of ketones is 1. The molecule has 0 amide bonds. The molecule has 2 unspecified atom stereocenters. The van der Waals surface area contributed by atoms with E-state index in [-0.39, 0.29) is 0 Å². The monoisotopic (exact) mass is 108 g/mol. The minimum absolute atomic E-state index is 0.437. The van der Waals surface area contributed by atoms with E-state index in [1.807, 2.05) is 0 Å². The second-order valence-electron chi connectivity index (χ2n) is 2.73. The first-order chi connectivity index (χ1) is 3.79. The van der Waals surface area contributed by atoms with E-state index < -0.39 is 0 Å². The molecule has 0 heterocycles. The van der Waals surface area contributed by atoms with Gasteiger partial charge in [-0.25, -0.2) is 0 Å². The molecule has 0 saturated heterocycles. The van der Waals surface area contributed by atoms with Gasteiger partial charge < -0.3 is 0 Å². The number of carbonyl (C=O) groups is 1. The number of allylic oxidation sites excluding steroid dienone is 1. The zero-order valence-corrected chi connectivity index (χ0v) is 4.68. The Morgan fingerprint density at radius 2 is 1.88 bits per heavy atom. The lowest BCUT2D eigenvalue weighted by Crippen LogP contribution is -1.90. The van der Waals surface area contributed by atoms with Crippen LogP contribution in [0.25, 0.3) is 0 Å². The van der Waals surface area contributed by atoms with E-state index >= 15 is 0 Å². The molecular weight excluding hydrogens is 100 g/mol. The smallest absolute Gasteiger partial charge is 0.134 e. The lowest BCUT2D eigenvalue weighted by molar-refractivity contribution is -0.117. The first-order valence-corrected chi connectivity index (χ1v) is 2.99. The van der Waals surface area contributed by atoms with Crippen molar-refractivity contribution >= 4 is 5.78 Å². The van der Waals surface area contributed by atoms with E-state index in [4.69, 9.17) is 0 Å². The van der Waals surface area contributed by atoms with Gasteiger partial charge in [0.05, 0.1) is 0 Å². The lowest BCUT2D eigenvalue weighted by atomic mass is 10.2. The van der Waals surface area contributed by atoms with Crippen molar-refractivity contribution in [1.29, 1.82) is 0 Å². The predicted octanol–water partition coefficient (Wildman–Crippen LogP) is 1.15. The quantitative estimate of drug-likeness (QED) is 0.425. The van der Waals surface area contributed by atoms with Crippen molar-refractivity contribution in [3.8, 4) is 0 Å². The van der Waals surface area contributed by atoms with Crippen molar-refractivity contribution < 1.29 is 4.79 Å². The Morgan fingerprint density at radius 1 is 1.38 bits per heavy atom. The molecule has 1 heteroatoms. The summed E-state index contributed by atoms with van der Waals surface area (Å²) in [5.41, 5.74) is 1.32. The standard InChI is InChI=1S/C7H8O/c1-4-6-2-5(8)3-7(4)6/h6-7H,1-3H2. The highest BCUT2D eigenvalue weighted by Gasteiger charge is 2.49. The van der Waals surface area contributed by atoms with Gasteiger partial charge in [0.1, 0.15) is 5.78 Å². The number of Topliss-reactive ketones (excluding diaryl/α,β-unsaturated/α-hetero) is 1. The summed E-state index contributed by atoms with van der Waals surface area (Å²) in [7, 11) is 0. The molecule has 42 valence electrons. The molecule has 0 N–H and O–H groups in total. The molecule has 2 aliphatic rings. The summed E-state index contributed by atoms with van der Waals surface area (Å²) in [6.45, 7) is 3.83. The van der Waals surface area contributed by atoms with Crippen LogP contribution in [0, 0.1) is 11.8 Å². The number of rotatable bonds is 0. The predicted molar refractivity (Wildman–Crippen MR) is 30.4 cm³/mol. The molecule has 2 rings (SSSR count). The lowest BCUT2D eigenvalue weighted by Gasteiger charge is -1.85. The van der Waals surface area contributed by atoms with E-state index in [2.05, 4.69) is 6.58 Å². The first kappa shape index (κ1) is 4.30. The minimum Gasteiger partial charge on any atom is -0.300 e. The van der Waals surface area contributed by atoms with Gasteiger partial charge in [-0.2, -0.15) is 0 Å². The van der Waals surface area contributed by atoms with Gasteiger partial charge in [0.25, 0.3) is 0 Å². The average molecular weight is 108 g/mol. The zero-order valence-electron chi connectivity index (χ0n) is 4.68. The van der Waals surface area contributed by atoms with Crippen molar-refractivity contribution in [3.63, 3.8) is 0 Å². The fraction of sp³-hybridized carbons (Fsp3) is 0.571. The summed E-state index contributed by atoms with van der Waals surface area (Å²) in [4.78, 5) is 10.6. The fourth-order valence-electron chi connectivity index (χ4n) is 1.57. The van der Waals surface area contributed by atoms with Crippen molar-refractivity contribution in [2.75, 3.05) is 0 Å². The molecule has 0 radical (unpaired) electrons. The summed E-state index contributed by atoms with van der Waals surface area (Å²) >= 11 is 0. The third kappa shape index (κ3) is 0.347. The molecule has 0 bridgehead atoms. The van der Waals surface area contributed by atoms with Gasteiger partial charge in [0.2, 0.25) is 0 Å². The summed E-state index contributed by atoms with van der Waals surface area (Å²) < 4.78 is 0. The minimum atomic E-state index is 0.437. The average Bonchev–Trinajstić information content (AvgIpc) is 2.29. The van der Waals surface area contributed by atoms with Crippen LogP contribution in [0.4, 0.5) is 0 Å². The Morgan fingerprint density at radius 3 is 2.25 bits per heavy atom. The Kier molecular flexibility index (Phi) is 0.561. The van der Waals surface area contributed by atoms with E-state index in [1.54, 1.807) is 0 Å². The molecule has 2 atom stereocenters. The molecule has 2 fully saturated rings. The maximum atomic E-state index is 10.6. The van der Waals surface area contributed by atoms with Crippen LogP contribution in [-0.4, -0.2) is 5.78 Å². The molecule has 1 nitrogen and oxygen atoms in total. The Labute approximate surface area is 48.4 Å². The summed E-state index contributed by atoms with van der Waals surface area (Å²) in [6, 6.07) is 0. The van der Waals surface area contributed by atoms with Crippen LogP contribution in [-0.2, 0) is 4.79 Å². The van der Waals surface area contributed by atoms with Crippen LogP contribution in [0.5, 0.6) is 0 Å². The van der Waals surface area contributed by atoms with Crippen LogP contribution < -0.4 is 0 Å². The van der Waals surface area contributed by atoms with Gasteiger partial charge in [-0.3, -0.25) is 4.79 Å². The van der Waals surface area contributed by atoms with Crippen LogP contribution in [0.3, 0.4) is 0 Å². The summed E-state index contributed by atoms with van der Waals surface area (Å²) in [5, 5.41) is 0. The summed E-state index contributed by atoms with van der Waals surface area (Å²) in [5.74, 6) is 1.66. The van der Waals surface area contributed by atoms with Crippen LogP contribution >= 0.6 is 0 Å². The van der Waals surface area contributed by atoms with E-state index in [0.29, 0.717) is 17.6 Å². The molecule has 8 heavy (non-hydrogen) atoms. The third-order valence-corrected chi connectivity index (χ3v) is 2.22. The maximum absolute atomic E-state index is 10.6. The molecule has 2 saturated carbocycles. The number of fused-ring (bicyclic) bond motifs is 1. The highest BCUT2D eigenvalue weighted by Crippen LogP contribution is 2.54. The largest absolute Gasteiger partial charge is 0.300 e. The normalized spacial score (nSPS) is 42.5. The van der Waals surface area contributed by atoms with E-state index in [9.17, 15) is 4.79 Å². The van der Waals surface area contributed by atoms with Gasteiger partial charge in [0, 0.05) is 12.8 Å². The number of hydrogen-bond donors (Lipinski definition) is 0. The second-order valence-corrected chi connectivity index (χ2v) is 2.73. The Balaban J connectivity index is 2.19. The van der Waals surface area contributed by atoms with Gasteiger partial charge in [-0.15, -0.1) is 0 Å². The third-order valence-electron chi connectivity index (χ3n) is 2.22. The Hall–Kier alpha value is -0.590.